The molecule has 0 saturated carbocycles. The average molecular weight is 221 g/mol. The highest BCUT2D eigenvalue weighted by Crippen LogP contribution is 2.30. The molecule has 1 aliphatic rings. The molecule has 13 heavy (non-hydrogen) atoms. The van der Waals surface area contributed by atoms with Crippen LogP contribution in [0.1, 0.15) is 23.6 Å². The molecule has 0 aromatic heterocycles. The Morgan fingerprint density at radius 2 is 1.92 bits per heavy atom. The molecule has 1 aromatic carbocycles. The molecule has 2 nitrogen and oxygen atoms in total. The Balaban J connectivity index is 0.000000720. The van der Waals surface area contributed by atoms with Gasteiger partial charge in [-0.05, 0) is 36.1 Å². The number of anilines is 1. The van der Waals surface area contributed by atoms with Crippen molar-refractivity contribution >= 4 is 30.5 Å². The average Bonchev–Trinajstić information content (AvgIpc) is 2.32. The Bertz CT molecular complexity index is 289. The molecule has 1 atom stereocenters. The van der Waals surface area contributed by atoms with E-state index in [-0.39, 0.29) is 30.9 Å². The van der Waals surface area contributed by atoms with Crippen LogP contribution < -0.4 is 11.5 Å². The molecule has 1 aliphatic carbocycles. The number of halogens is 2. The third-order valence-corrected chi connectivity index (χ3v) is 2.29. The summed E-state index contributed by atoms with van der Waals surface area (Å²) in [7, 11) is 0. The second kappa shape index (κ2) is 4.70. The van der Waals surface area contributed by atoms with E-state index in [1.807, 2.05) is 18.2 Å². The molecule has 0 bridgehead atoms. The molecule has 4 heteroatoms. The zero-order valence-corrected chi connectivity index (χ0v) is 8.83. The number of nitrogens with two attached hydrogens (primary N) is 2. The van der Waals surface area contributed by atoms with Crippen LogP contribution in [0.25, 0.3) is 0 Å². The predicted octanol–water partition coefficient (Wildman–Crippen LogP) is 2.06. The fourth-order valence-corrected chi connectivity index (χ4v) is 1.67. The van der Waals surface area contributed by atoms with E-state index in [2.05, 4.69) is 0 Å². The van der Waals surface area contributed by atoms with E-state index in [0.717, 1.165) is 18.5 Å². The summed E-state index contributed by atoms with van der Waals surface area (Å²) >= 11 is 0. The van der Waals surface area contributed by atoms with Crippen LogP contribution in [0.15, 0.2) is 18.2 Å². The molecular weight excluding hydrogens is 207 g/mol. The van der Waals surface area contributed by atoms with Crippen molar-refractivity contribution in [1.82, 2.24) is 0 Å². The van der Waals surface area contributed by atoms with Crippen molar-refractivity contribution in [3.05, 3.63) is 29.3 Å². The second-order valence-corrected chi connectivity index (χ2v) is 3.10. The molecule has 2 rings (SSSR count). The van der Waals surface area contributed by atoms with Crippen molar-refractivity contribution in [3.8, 4) is 0 Å². The van der Waals surface area contributed by atoms with Crippen molar-refractivity contribution in [3.63, 3.8) is 0 Å². The number of nitrogen functional groups attached to an aromatic ring is 1. The van der Waals surface area contributed by atoms with E-state index in [9.17, 15) is 0 Å². The Morgan fingerprint density at radius 3 is 2.62 bits per heavy atom. The van der Waals surface area contributed by atoms with Gasteiger partial charge >= 0.3 is 0 Å². The van der Waals surface area contributed by atoms with Crippen LogP contribution in [0.2, 0.25) is 0 Å². The summed E-state index contributed by atoms with van der Waals surface area (Å²) < 4.78 is 0. The summed E-state index contributed by atoms with van der Waals surface area (Å²) in [6.07, 6.45) is 2.15. The van der Waals surface area contributed by atoms with E-state index in [0.29, 0.717) is 0 Å². The third-order valence-electron chi connectivity index (χ3n) is 2.29. The summed E-state index contributed by atoms with van der Waals surface area (Å²) in [6.45, 7) is 0. The summed E-state index contributed by atoms with van der Waals surface area (Å²) in [5, 5.41) is 0. The largest absolute Gasteiger partial charge is 0.399 e. The monoisotopic (exact) mass is 220 g/mol. The summed E-state index contributed by atoms with van der Waals surface area (Å²) in [5.41, 5.74) is 14.9. The van der Waals surface area contributed by atoms with Gasteiger partial charge in [0.05, 0.1) is 0 Å². The van der Waals surface area contributed by atoms with E-state index >= 15 is 0 Å². The molecule has 0 spiro atoms. The van der Waals surface area contributed by atoms with Crippen LogP contribution in [-0.4, -0.2) is 0 Å². The first-order valence-electron chi connectivity index (χ1n) is 3.91. The maximum atomic E-state index is 5.86. The minimum Gasteiger partial charge on any atom is -0.399 e. The van der Waals surface area contributed by atoms with Crippen molar-refractivity contribution in [2.75, 3.05) is 5.73 Å². The normalized spacial score (nSPS) is 18.4. The van der Waals surface area contributed by atoms with E-state index in [1.165, 1.54) is 11.1 Å². The predicted molar refractivity (Wildman–Crippen MR) is 60.6 cm³/mol. The summed E-state index contributed by atoms with van der Waals surface area (Å²) in [5.74, 6) is 0. The highest BCUT2D eigenvalue weighted by Gasteiger charge is 2.17. The third kappa shape index (κ3) is 2.27. The van der Waals surface area contributed by atoms with Crippen molar-refractivity contribution in [2.45, 2.75) is 18.9 Å². The van der Waals surface area contributed by atoms with E-state index < -0.39 is 0 Å². The number of hydrogen-bond donors (Lipinski definition) is 2. The van der Waals surface area contributed by atoms with Gasteiger partial charge in [-0.2, -0.15) is 0 Å². The lowest BCUT2D eigenvalue weighted by Gasteiger charge is -2.03. The maximum absolute atomic E-state index is 5.86. The Labute approximate surface area is 90.5 Å². The van der Waals surface area contributed by atoms with Gasteiger partial charge in [-0.15, -0.1) is 24.8 Å². The van der Waals surface area contributed by atoms with Gasteiger partial charge in [0, 0.05) is 11.7 Å². The highest BCUT2D eigenvalue weighted by molar-refractivity contribution is 5.85. The lowest BCUT2D eigenvalue weighted by Crippen LogP contribution is -2.04. The maximum Gasteiger partial charge on any atom is 0.0316 e. The van der Waals surface area contributed by atoms with Crippen LogP contribution >= 0.6 is 24.8 Å². The standard InChI is InChI=1S/C9H12N2.2ClH/c10-7-2-3-8-6(5-7)1-4-9(8)11;;/h2-3,5,9H,1,4,10-11H2;2*1H. The van der Waals surface area contributed by atoms with Gasteiger partial charge in [-0.3, -0.25) is 0 Å². The second-order valence-electron chi connectivity index (χ2n) is 3.10. The van der Waals surface area contributed by atoms with Gasteiger partial charge in [0.2, 0.25) is 0 Å². The first kappa shape index (κ1) is 12.6. The van der Waals surface area contributed by atoms with Crippen LogP contribution in [-0.2, 0) is 6.42 Å². The van der Waals surface area contributed by atoms with Gasteiger partial charge in [0.1, 0.15) is 0 Å². The van der Waals surface area contributed by atoms with Gasteiger partial charge in [0.15, 0.2) is 0 Å². The number of benzene rings is 1. The molecule has 0 aliphatic heterocycles. The van der Waals surface area contributed by atoms with E-state index in [4.69, 9.17) is 11.5 Å². The van der Waals surface area contributed by atoms with Crippen LogP contribution in [0.4, 0.5) is 5.69 Å². The topological polar surface area (TPSA) is 52.0 Å². The summed E-state index contributed by atoms with van der Waals surface area (Å²) in [4.78, 5) is 0. The SMILES string of the molecule is Cl.Cl.Nc1ccc2c(c1)CCC2N. The summed E-state index contributed by atoms with van der Waals surface area (Å²) in [6, 6.07) is 6.24. The number of aryl methyl sites for hydroxylation is 1. The molecule has 0 radical (unpaired) electrons. The number of rotatable bonds is 0. The van der Waals surface area contributed by atoms with E-state index in [1.54, 1.807) is 0 Å². The van der Waals surface area contributed by atoms with Gasteiger partial charge in [0.25, 0.3) is 0 Å². The highest BCUT2D eigenvalue weighted by atomic mass is 35.5. The lowest BCUT2D eigenvalue weighted by molar-refractivity contribution is 0.713. The fraction of sp³-hybridized carbons (Fsp3) is 0.333. The van der Waals surface area contributed by atoms with Gasteiger partial charge < -0.3 is 11.5 Å². The smallest absolute Gasteiger partial charge is 0.0316 e. The number of hydrogen-bond acceptors (Lipinski definition) is 2. The molecule has 4 N–H and O–H groups in total. The number of fused-ring (bicyclic) bond motifs is 1. The van der Waals surface area contributed by atoms with Crippen molar-refractivity contribution < 1.29 is 0 Å². The Morgan fingerprint density at radius 1 is 1.23 bits per heavy atom. The molecular formula is C9H14Cl2N2. The van der Waals surface area contributed by atoms with Crippen LogP contribution in [0, 0.1) is 0 Å². The lowest BCUT2D eigenvalue weighted by atomic mass is 10.1. The van der Waals surface area contributed by atoms with Gasteiger partial charge in [-0.1, -0.05) is 6.07 Å². The minimum atomic E-state index is 0. The molecule has 1 aromatic rings. The molecule has 0 heterocycles. The Hall–Kier alpha value is -0.440. The first-order chi connectivity index (χ1) is 5.27. The fourth-order valence-electron chi connectivity index (χ4n) is 1.67. The molecule has 0 amide bonds. The molecule has 74 valence electrons. The van der Waals surface area contributed by atoms with Crippen LogP contribution in [0.3, 0.4) is 0 Å². The van der Waals surface area contributed by atoms with Gasteiger partial charge in [-0.25, -0.2) is 0 Å². The van der Waals surface area contributed by atoms with Crippen molar-refractivity contribution in [1.29, 1.82) is 0 Å². The molecule has 0 saturated heterocycles. The zero-order valence-electron chi connectivity index (χ0n) is 7.19. The van der Waals surface area contributed by atoms with Crippen molar-refractivity contribution in [2.24, 2.45) is 5.73 Å². The first-order valence-corrected chi connectivity index (χ1v) is 3.91. The zero-order chi connectivity index (χ0) is 7.84. The minimum absolute atomic E-state index is 0. The molecule has 1 unspecified atom stereocenters. The quantitative estimate of drug-likeness (QED) is 0.659. The van der Waals surface area contributed by atoms with Crippen LogP contribution in [0.5, 0.6) is 0 Å². The molecule has 0 fully saturated rings. The Kier molecular flexibility index (Phi) is 4.54.